The number of aryl methyl sites for hydroxylation is 2. The van der Waals surface area contributed by atoms with Gasteiger partial charge in [-0.1, -0.05) is 12.1 Å². The number of carbonyl (C=O) groups excluding carboxylic acids is 1. The molecule has 0 aromatic carbocycles. The van der Waals surface area contributed by atoms with E-state index in [2.05, 4.69) is 15.5 Å². The molecule has 2 rings (SSSR count). The fraction of sp³-hybridized carbons (Fsp3) is 0.462. The van der Waals surface area contributed by atoms with E-state index in [1.54, 1.807) is 18.4 Å². The van der Waals surface area contributed by atoms with Crippen LogP contribution in [0, 0.1) is 6.92 Å². The predicted octanol–water partition coefficient (Wildman–Crippen LogP) is 1.95. The minimum Gasteiger partial charge on any atom is -0.360 e. The number of sulfone groups is 1. The van der Waals surface area contributed by atoms with Crippen molar-refractivity contribution in [3.63, 3.8) is 0 Å². The van der Waals surface area contributed by atoms with Crippen LogP contribution in [0.3, 0.4) is 0 Å². The molecule has 0 aliphatic heterocycles. The van der Waals surface area contributed by atoms with Gasteiger partial charge in [0.15, 0.2) is 15.7 Å². The smallest absolute Gasteiger partial charge is 0.226 e. The van der Waals surface area contributed by atoms with E-state index >= 15 is 0 Å². The molecule has 0 saturated heterocycles. The lowest BCUT2D eigenvalue weighted by molar-refractivity contribution is -0.115. The lowest BCUT2D eigenvalue weighted by atomic mass is 10.4. The van der Waals surface area contributed by atoms with Gasteiger partial charge in [0.25, 0.3) is 0 Å². The van der Waals surface area contributed by atoms with Crippen molar-refractivity contribution in [2.45, 2.75) is 32.4 Å². The third-order valence-electron chi connectivity index (χ3n) is 2.81. The quantitative estimate of drug-likeness (QED) is 0.824. The number of carbonyl (C=O) groups is 1. The van der Waals surface area contributed by atoms with Crippen LogP contribution in [-0.2, 0) is 26.8 Å². The van der Waals surface area contributed by atoms with Crippen LogP contribution >= 0.6 is 11.3 Å². The monoisotopic (exact) mass is 343 g/mol. The number of rotatable bonds is 7. The predicted molar refractivity (Wildman–Crippen MR) is 83.5 cm³/mol. The first kappa shape index (κ1) is 16.6. The molecule has 0 spiro atoms. The number of thiazole rings is 1. The molecule has 1 N–H and O–H groups in total. The van der Waals surface area contributed by atoms with Gasteiger partial charge in [-0.05, 0) is 13.3 Å². The van der Waals surface area contributed by atoms with Crippen LogP contribution in [0.1, 0.15) is 29.8 Å². The molecule has 0 radical (unpaired) electrons. The molecule has 2 heterocycles. The van der Waals surface area contributed by atoms with Gasteiger partial charge in [0.1, 0.15) is 5.76 Å². The van der Waals surface area contributed by atoms with E-state index < -0.39 is 15.7 Å². The highest BCUT2D eigenvalue weighted by Gasteiger charge is 2.17. The van der Waals surface area contributed by atoms with Gasteiger partial charge in [-0.2, -0.15) is 0 Å². The number of nitrogens with one attached hydrogen (secondary N) is 1. The number of anilines is 1. The van der Waals surface area contributed by atoms with Crippen LogP contribution in [-0.4, -0.2) is 30.2 Å². The summed E-state index contributed by atoms with van der Waals surface area (Å²) in [5.41, 5.74) is 0.536. The first-order chi connectivity index (χ1) is 10.4. The number of aromatic nitrogens is 2. The number of nitrogens with zero attached hydrogens (tertiary/aromatic N) is 2. The van der Waals surface area contributed by atoms with Crippen molar-refractivity contribution in [3.8, 4) is 0 Å². The van der Waals surface area contributed by atoms with Crippen molar-refractivity contribution in [1.29, 1.82) is 0 Å². The van der Waals surface area contributed by atoms with Crippen molar-refractivity contribution in [2.75, 3.05) is 11.1 Å². The largest absolute Gasteiger partial charge is 0.360 e. The highest BCUT2D eigenvalue weighted by Crippen LogP contribution is 2.14. The maximum absolute atomic E-state index is 12.0. The first-order valence-corrected chi connectivity index (χ1v) is 9.45. The van der Waals surface area contributed by atoms with Gasteiger partial charge < -0.3 is 9.84 Å². The van der Waals surface area contributed by atoms with Crippen molar-refractivity contribution in [1.82, 2.24) is 10.1 Å². The van der Waals surface area contributed by atoms with Gasteiger partial charge >= 0.3 is 0 Å². The van der Waals surface area contributed by atoms with Crippen molar-refractivity contribution >= 4 is 32.9 Å². The Bertz CT molecular complexity index is 749. The Morgan fingerprint density at radius 1 is 1.45 bits per heavy atom. The number of amides is 1. The van der Waals surface area contributed by atoms with Crippen LogP contribution < -0.4 is 5.32 Å². The summed E-state index contributed by atoms with van der Waals surface area (Å²) in [7, 11) is -3.37. The van der Waals surface area contributed by atoms with E-state index in [1.807, 2.05) is 6.92 Å². The minimum absolute atomic E-state index is 0.126. The maximum Gasteiger partial charge on any atom is 0.226 e. The highest BCUT2D eigenvalue weighted by molar-refractivity contribution is 7.90. The third kappa shape index (κ3) is 4.92. The van der Waals surface area contributed by atoms with Crippen molar-refractivity contribution < 1.29 is 17.7 Å². The second-order valence-corrected chi connectivity index (χ2v) is 7.93. The summed E-state index contributed by atoms with van der Waals surface area (Å²) in [5.74, 6) is 0.0728. The molecule has 0 aliphatic carbocycles. The van der Waals surface area contributed by atoms with Gasteiger partial charge in [-0.25, -0.2) is 13.4 Å². The average molecular weight is 343 g/mol. The van der Waals surface area contributed by atoms with Crippen LogP contribution in [0.4, 0.5) is 5.82 Å². The zero-order chi connectivity index (χ0) is 16.2. The Balaban J connectivity index is 1.85. The first-order valence-electron chi connectivity index (χ1n) is 6.75. The van der Waals surface area contributed by atoms with Gasteiger partial charge in [-0.3, -0.25) is 4.79 Å². The molecule has 0 aliphatic rings. The van der Waals surface area contributed by atoms with Crippen LogP contribution in [0.5, 0.6) is 0 Å². The standard InChI is InChI=1S/C13H17N3O4S2/c1-3-13-14-10(7-21-13)8-22(18,19)5-4-12(17)15-11-6-9(2)20-16-11/h6-7H,3-5,8H2,1-2H3,(H,15,16,17). The topological polar surface area (TPSA) is 102 Å². The van der Waals surface area contributed by atoms with Crippen LogP contribution in [0.25, 0.3) is 0 Å². The van der Waals surface area contributed by atoms with Crippen molar-refractivity contribution in [2.24, 2.45) is 0 Å². The molecule has 0 saturated carbocycles. The average Bonchev–Trinajstić information content (AvgIpc) is 3.05. The van der Waals surface area contributed by atoms with Crippen LogP contribution in [0.15, 0.2) is 16.0 Å². The Morgan fingerprint density at radius 2 is 2.23 bits per heavy atom. The summed E-state index contributed by atoms with van der Waals surface area (Å²) in [5, 5.41) is 8.76. The summed E-state index contributed by atoms with van der Waals surface area (Å²) in [6, 6.07) is 1.56. The molecule has 7 nitrogen and oxygen atoms in total. The molecule has 0 atom stereocenters. The van der Waals surface area contributed by atoms with E-state index in [-0.39, 0.29) is 23.7 Å². The van der Waals surface area contributed by atoms with E-state index in [0.717, 1.165) is 11.4 Å². The molecule has 9 heteroatoms. The summed E-state index contributed by atoms with van der Waals surface area (Å²) in [6.45, 7) is 3.67. The molecule has 1 amide bonds. The van der Waals surface area contributed by atoms with E-state index in [0.29, 0.717) is 11.5 Å². The molecule has 2 aromatic rings. The fourth-order valence-corrected chi connectivity index (χ4v) is 3.84. The Morgan fingerprint density at radius 3 is 2.82 bits per heavy atom. The highest BCUT2D eigenvalue weighted by atomic mass is 32.2. The van der Waals surface area contributed by atoms with Gasteiger partial charge in [0.05, 0.1) is 22.2 Å². The zero-order valence-corrected chi connectivity index (χ0v) is 14.0. The molecule has 0 unspecified atom stereocenters. The van der Waals surface area contributed by atoms with E-state index in [1.165, 1.54) is 11.3 Å². The number of hydrogen-bond donors (Lipinski definition) is 1. The molecule has 0 bridgehead atoms. The Hall–Kier alpha value is -1.74. The van der Waals surface area contributed by atoms with Gasteiger partial charge in [-0.15, -0.1) is 11.3 Å². The van der Waals surface area contributed by atoms with E-state index in [4.69, 9.17) is 4.52 Å². The molecule has 120 valence electrons. The van der Waals surface area contributed by atoms with Gasteiger partial charge in [0, 0.05) is 17.9 Å². The second-order valence-electron chi connectivity index (χ2n) is 4.80. The van der Waals surface area contributed by atoms with Crippen molar-refractivity contribution in [3.05, 3.63) is 27.9 Å². The fourth-order valence-electron chi connectivity index (χ4n) is 1.75. The van der Waals surface area contributed by atoms with E-state index in [9.17, 15) is 13.2 Å². The SMILES string of the molecule is CCc1nc(CS(=O)(=O)CCC(=O)Nc2cc(C)on2)cs1. The summed E-state index contributed by atoms with van der Waals surface area (Å²) in [6.07, 6.45) is 0.656. The lowest BCUT2D eigenvalue weighted by Gasteiger charge is -2.03. The number of hydrogen-bond acceptors (Lipinski definition) is 7. The minimum atomic E-state index is -3.37. The zero-order valence-electron chi connectivity index (χ0n) is 12.3. The maximum atomic E-state index is 12.0. The molecule has 22 heavy (non-hydrogen) atoms. The molecular formula is C13H17N3O4S2. The third-order valence-corrected chi connectivity index (χ3v) is 5.41. The molecule has 2 aromatic heterocycles. The molecular weight excluding hydrogens is 326 g/mol. The van der Waals surface area contributed by atoms with Crippen LogP contribution in [0.2, 0.25) is 0 Å². The molecule has 0 fully saturated rings. The summed E-state index contributed by atoms with van der Waals surface area (Å²) >= 11 is 1.45. The normalized spacial score (nSPS) is 11.5. The lowest BCUT2D eigenvalue weighted by Crippen LogP contribution is -2.18. The van der Waals surface area contributed by atoms with Gasteiger partial charge in [0.2, 0.25) is 5.91 Å². The summed E-state index contributed by atoms with van der Waals surface area (Å²) < 4.78 is 28.8. The second kappa shape index (κ2) is 7.01. The Kier molecular flexibility index (Phi) is 5.30. The summed E-state index contributed by atoms with van der Waals surface area (Å²) in [4.78, 5) is 15.9. The Labute approximate surface area is 132 Å².